The Kier molecular flexibility index (Phi) is 7.73. The summed E-state index contributed by atoms with van der Waals surface area (Å²) in [6.07, 6.45) is 4.83. The molecular formula is C19H24N4O4S2. The quantitative estimate of drug-likeness (QED) is 0.692. The molecular weight excluding hydrogens is 412 g/mol. The number of hydrogen-bond acceptors (Lipinski definition) is 6. The molecule has 0 spiro atoms. The first-order valence-corrected chi connectivity index (χ1v) is 10.9. The lowest BCUT2D eigenvalue weighted by Crippen LogP contribution is -2.56. The minimum atomic E-state index is -1.34. The molecule has 10 heteroatoms. The Hall–Kier alpha value is -2.30. The van der Waals surface area contributed by atoms with E-state index >= 15 is 0 Å². The molecule has 1 aliphatic heterocycles. The number of benzene rings is 1. The van der Waals surface area contributed by atoms with E-state index in [4.69, 9.17) is 21.7 Å². The summed E-state index contributed by atoms with van der Waals surface area (Å²) < 4.78 is 25.5. The number of carbonyl (C=O) groups excluding carboxylic acids is 1. The zero-order valence-electron chi connectivity index (χ0n) is 16.1. The van der Waals surface area contributed by atoms with Crippen LogP contribution in [-0.2, 0) is 32.8 Å². The van der Waals surface area contributed by atoms with Crippen molar-refractivity contribution in [3.63, 3.8) is 0 Å². The maximum atomic E-state index is 12.5. The van der Waals surface area contributed by atoms with Crippen LogP contribution < -0.4 is 5.32 Å². The van der Waals surface area contributed by atoms with Gasteiger partial charge in [-0.25, -0.2) is 9.78 Å². The highest BCUT2D eigenvalue weighted by Gasteiger charge is 2.33. The monoisotopic (exact) mass is 436 g/mol. The molecule has 1 amide bonds. The normalized spacial score (nSPS) is 20.1. The van der Waals surface area contributed by atoms with E-state index in [0.717, 1.165) is 5.56 Å². The van der Waals surface area contributed by atoms with Gasteiger partial charge < -0.3 is 24.3 Å². The highest BCUT2D eigenvalue weighted by Crippen LogP contribution is 2.16. The number of thiocarbonyl (C=S) groups is 1. The van der Waals surface area contributed by atoms with Crippen molar-refractivity contribution >= 4 is 33.4 Å². The molecule has 0 radical (unpaired) electrons. The minimum absolute atomic E-state index is 0.204. The van der Waals surface area contributed by atoms with E-state index in [0.29, 0.717) is 23.8 Å². The summed E-state index contributed by atoms with van der Waals surface area (Å²) in [5, 5.41) is 2.87. The number of hydrogen-bond donors (Lipinski definition) is 1. The Bertz CT molecular complexity index is 832. The number of rotatable bonds is 6. The summed E-state index contributed by atoms with van der Waals surface area (Å²) >= 11 is 5.42. The summed E-state index contributed by atoms with van der Waals surface area (Å²) in [4.78, 5) is 18.0. The molecule has 0 aliphatic carbocycles. The molecule has 0 bridgehead atoms. The van der Waals surface area contributed by atoms with Gasteiger partial charge in [0.05, 0.1) is 18.5 Å². The van der Waals surface area contributed by atoms with Crippen LogP contribution in [0.4, 0.5) is 4.79 Å². The van der Waals surface area contributed by atoms with Crippen molar-refractivity contribution in [1.82, 2.24) is 19.8 Å². The van der Waals surface area contributed by atoms with Gasteiger partial charge in [-0.2, -0.15) is 0 Å². The van der Waals surface area contributed by atoms with E-state index in [-0.39, 0.29) is 24.6 Å². The van der Waals surface area contributed by atoms with Gasteiger partial charge in [-0.15, -0.1) is 0 Å². The second-order valence-electron chi connectivity index (χ2n) is 6.64. The Morgan fingerprint density at radius 2 is 2.17 bits per heavy atom. The van der Waals surface area contributed by atoms with Crippen LogP contribution in [0.2, 0.25) is 0 Å². The van der Waals surface area contributed by atoms with Gasteiger partial charge in [0.2, 0.25) is 0 Å². The van der Waals surface area contributed by atoms with E-state index in [1.165, 1.54) is 0 Å². The molecule has 156 valence electrons. The van der Waals surface area contributed by atoms with Crippen LogP contribution in [0.5, 0.6) is 0 Å². The average molecular weight is 437 g/mol. The maximum Gasteiger partial charge on any atom is 0.407 e. The molecule has 2 aromatic rings. The fraction of sp³-hybridized carbons (Fsp3) is 0.421. The first-order valence-electron chi connectivity index (χ1n) is 9.20. The third-order valence-electron chi connectivity index (χ3n) is 4.66. The molecule has 1 aromatic carbocycles. The third kappa shape index (κ3) is 6.09. The SMILES string of the molecule is CO[C@@H]1CN(C(=S)S(=O)Cn2ccnc2)CC[C@@H]1NC(=O)OCc1ccccc1. The van der Waals surface area contributed by atoms with Gasteiger partial charge in [0.25, 0.3) is 0 Å². The highest BCUT2D eigenvalue weighted by molar-refractivity contribution is 8.12. The van der Waals surface area contributed by atoms with Crippen molar-refractivity contribution < 1.29 is 18.5 Å². The van der Waals surface area contributed by atoms with Crippen molar-refractivity contribution in [3.05, 3.63) is 54.6 Å². The molecule has 29 heavy (non-hydrogen) atoms. The standard InChI is InChI=1S/C19H24N4O4S2/c1-26-17-11-23(19(28)29(25)14-22-10-8-20-13-22)9-7-16(17)21-18(24)27-12-15-5-3-2-4-6-15/h2-6,8,10,13,16-17H,7,9,11-12,14H2,1H3,(H,21,24)/t16-,17+,29?/m0/s1. The summed E-state index contributed by atoms with van der Waals surface area (Å²) in [5.74, 6) is 0.264. The zero-order valence-corrected chi connectivity index (χ0v) is 17.7. The van der Waals surface area contributed by atoms with Gasteiger partial charge in [0.1, 0.15) is 23.3 Å². The lowest BCUT2D eigenvalue weighted by atomic mass is 10.0. The Morgan fingerprint density at radius 3 is 2.86 bits per heavy atom. The van der Waals surface area contributed by atoms with Crippen molar-refractivity contribution in [2.24, 2.45) is 0 Å². The van der Waals surface area contributed by atoms with Crippen molar-refractivity contribution in [2.75, 3.05) is 20.2 Å². The number of piperidine rings is 1. The summed E-state index contributed by atoms with van der Waals surface area (Å²) in [6.45, 7) is 1.24. The first-order chi connectivity index (χ1) is 14.1. The van der Waals surface area contributed by atoms with Crippen LogP contribution >= 0.6 is 12.2 Å². The predicted molar refractivity (Wildman–Crippen MR) is 114 cm³/mol. The van der Waals surface area contributed by atoms with Gasteiger partial charge in [0.15, 0.2) is 4.32 Å². The predicted octanol–water partition coefficient (Wildman–Crippen LogP) is 1.89. The molecule has 1 aromatic heterocycles. The molecule has 1 unspecified atom stereocenters. The number of imidazole rings is 1. The van der Waals surface area contributed by atoms with Crippen LogP contribution in [0.1, 0.15) is 12.0 Å². The summed E-state index contributed by atoms with van der Waals surface area (Å²) in [6, 6.07) is 9.29. The Balaban J connectivity index is 1.49. The van der Waals surface area contributed by atoms with Crippen LogP contribution in [0, 0.1) is 0 Å². The summed E-state index contributed by atoms with van der Waals surface area (Å²) in [5.41, 5.74) is 0.923. The maximum absolute atomic E-state index is 12.5. The molecule has 1 fully saturated rings. The van der Waals surface area contributed by atoms with Crippen LogP contribution in [-0.4, -0.2) is 61.4 Å². The molecule has 0 saturated carbocycles. The van der Waals surface area contributed by atoms with E-state index in [1.54, 1.807) is 30.4 Å². The smallest absolute Gasteiger partial charge is 0.407 e. The van der Waals surface area contributed by atoms with Crippen molar-refractivity contribution in [3.8, 4) is 0 Å². The van der Waals surface area contributed by atoms with E-state index in [1.807, 2.05) is 35.2 Å². The number of methoxy groups -OCH3 is 1. The third-order valence-corrected chi connectivity index (χ3v) is 6.65. The molecule has 1 saturated heterocycles. The fourth-order valence-corrected chi connectivity index (χ4v) is 4.41. The molecule has 3 rings (SSSR count). The van der Waals surface area contributed by atoms with Gasteiger partial charge >= 0.3 is 6.09 Å². The van der Waals surface area contributed by atoms with E-state index < -0.39 is 16.9 Å². The highest BCUT2D eigenvalue weighted by atomic mass is 32.2. The van der Waals surface area contributed by atoms with Crippen molar-refractivity contribution in [1.29, 1.82) is 0 Å². The molecule has 3 atom stereocenters. The number of nitrogens with one attached hydrogen (secondary N) is 1. The zero-order chi connectivity index (χ0) is 20.6. The van der Waals surface area contributed by atoms with Crippen LogP contribution in [0.25, 0.3) is 0 Å². The second kappa shape index (κ2) is 10.5. The van der Waals surface area contributed by atoms with E-state index in [2.05, 4.69) is 10.3 Å². The number of carbonyl (C=O) groups is 1. The minimum Gasteiger partial charge on any atom is -0.445 e. The largest absolute Gasteiger partial charge is 0.445 e. The van der Waals surface area contributed by atoms with E-state index in [9.17, 15) is 9.00 Å². The lowest BCUT2D eigenvalue weighted by Gasteiger charge is -2.38. The van der Waals surface area contributed by atoms with Crippen LogP contribution in [0.15, 0.2) is 49.1 Å². The number of alkyl carbamates (subject to hydrolysis) is 1. The molecule has 2 heterocycles. The molecule has 1 aliphatic rings. The second-order valence-corrected chi connectivity index (χ2v) is 8.62. The van der Waals surface area contributed by atoms with Crippen molar-refractivity contribution in [2.45, 2.75) is 31.1 Å². The Labute approximate surface area is 177 Å². The molecule has 8 nitrogen and oxygen atoms in total. The van der Waals surface area contributed by atoms with Gasteiger partial charge in [0, 0.05) is 32.6 Å². The van der Waals surface area contributed by atoms with Gasteiger partial charge in [-0.3, -0.25) is 4.21 Å². The molecule has 1 N–H and O–H groups in total. The summed E-state index contributed by atoms with van der Waals surface area (Å²) in [7, 11) is 0.245. The number of aromatic nitrogens is 2. The van der Waals surface area contributed by atoms with Gasteiger partial charge in [-0.1, -0.05) is 30.3 Å². The fourth-order valence-electron chi connectivity index (χ4n) is 3.10. The number of nitrogens with zero attached hydrogens (tertiary/aromatic N) is 3. The van der Waals surface area contributed by atoms with Crippen LogP contribution in [0.3, 0.4) is 0 Å². The average Bonchev–Trinajstić information content (AvgIpc) is 3.25. The topological polar surface area (TPSA) is 85.7 Å². The number of ether oxygens (including phenoxy) is 2. The first kappa shape index (κ1) is 21.4. The lowest BCUT2D eigenvalue weighted by molar-refractivity contribution is 0.0249. The number of likely N-dealkylation sites (tertiary alicyclic amines) is 1. The Morgan fingerprint density at radius 1 is 1.38 bits per heavy atom. The number of amides is 1. The van der Waals surface area contributed by atoms with Gasteiger partial charge in [-0.05, 0) is 24.2 Å².